The van der Waals surface area contributed by atoms with Crippen LogP contribution in [-0.2, 0) is 6.54 Å². The van der Waals surface area contributed by atoms with Crippen molar-refractivity contribution >= 4 is 21.6 Å². The van der Waals surface area contributed by atoms with Crippen LogP contribution in [0.25, 0.3) is 0 Å². The molecule has 6 heteroatoms. The quantitative estimate of drug-likeness (QED) is 0.861. The minimum absolute atomic E-state index is 0.0825. The summed E-state index contributed by atoms with van der Waals surface area (Å²) in [4.78, 5) is 12.3. The van der Waals surface area contributed by atoms with E-state index in [9.17, 15) is 4.79 Å². The number of nitrogens with zero attached hydrogens (tertiary/aromatic N) is 2. The number of rotatable bonds is 5. The van der Waals surface area contributed by atoms with Crippen molar-refractivity contribution in [3.05, 3.63) is 21.0 Å². The molecule has 1 fully saturated rings. The van der Waals surface area contributed by atoms with Crippen molar-refractivity contribution in [2.24, 2.45) is 11.7 Å². The predicted octanol–water partition coefficient (Wildman–Crippen LogP) is 2.35. The maximum Gasteiger partial charge on any atom is 0.283 e. The summed E-state index contributed by atoms with van der Waals surface area (Å²) < 4.78 is 2.05. The summed E-state index contributed by atoms with van der Waals surface area (Å²) in [5.74, 6) is 0.385. The van der Waals surface area contributed by atoms with Crippen molar-refractivity contribution in [2.45, 2.75) is 51.6 Å². The van der Waals surface area contributed by atoms with E-state index in [4.69, 9.17) is 5.73 Å². The first-order valence-electron chi connectivity index (χ1n) is 7.21. The van der Waals surface area contributed by atoms with Gasteiger partial charge in [-0.25, -0.2) is 4.68 Å². The molecule has 1 aromatic heterocycles. The van der Waals surface area contributed by atoms with E-state index in [1.165, 1.54) is 17.5 Å². The molecule has 112 valence electrons. The Bertz CT molecular complexity index is 520. The number of aromatic nitrogens is 2. The Kier molecular flexibility index (Phi) is 4.86. The molecule has 1 heterocycles. The van der Waals surface area contributed by atoms with Gasteiger partial charge in [0.05, 0.1) is 11.9 Å². The Morgan fingerprint density at radius 2 is 2.15 bits per heavy atom. The third kappa shape index (κ3) is 3.23. The van der Waals surface area contributed by atoms with Crippen LogP contribution in [-0.4, -0.2) is 21.9 Å². The van der Waals surface area contributed by atoms with E-state index in [0.717, 1.165) is 18.5 Å². The second-order valence-electron chi connectivity index (χ2n) is 6.07. The Morgan fingerprint density at radius 3 is 2.70 bits per heavy atom. The zero-order valence-electron chi connectivity index (χ0n) is 12.2. The van der Waals surface area contributed by atoms with Gasteiger partial charge in [-0.3, -0.25) is 4.79 Å². The predicted molar refractivity (Wildman–Crippen MR) is 84.9 cm³/mol. The van der Waals surface area contributed by atoms with E-state index in [0.29, 0.717) is 23.5 Å². The number of hydrogen-bond acceptors (Lipinski definition) is 4. The lowest BCUT2D eigenvalue weighted by atomic mass is 9.97. The van der Waals surface area contributed by atoms with Gasteiger partial charge in [0, 0.05) is 18.6 Å². The SMILES string of the molecule is CC(C)Cn1ncc(NC2(CN)CCCC2)c(Br)c1=O. The lowest BCUT2D eigenvalue weighted by molar-refractivity contribution is 0.459. The molecule has 20 heavy (non-hydrogen) atoms. The first kappa shape index (κ1) is 15.5. The van der Waals surface area contributed by atoms with Gasteiger partial charge < -0.3 is 11.1 Å². The van der Waals surface area contributed by atoms with Crippen molar-refractivity contribution in [1.29, 1.82) is 0 Å². The summed E-state index contributed by atoms with van der Waals surface area (Å²) >= 11 is 3.40. The van der Waals surface area contributed by atoms with Crippen molar-refractivity contribution in [1.82, 2.24) is 9.78 Å². The third-order valence-corrected chi connectivity index (χ3v) is 4.64. The van der Waals surface area contributed by atoms with E-state index in [1.807, 2.05) is 0 Å². The van der Waals surface area contributed by atoms with Crippen molar-refractivity contribution < 1.29 is 0 Å². The molecule has 5 nitrogen and oxygen atoms in total. The van der Waals surface area contributed by atoms with Gasteiger partial charge in [-0.15, -0.1) is 0 Å². The van der Waals surface area contributed by atoms with Crippen LogP contribution in [0.5, 0.6) is 0 Å². The third-order valence-electron chi connectivity index (χ3n) is 3.87. The molecule has 2 rings (SSSR count). The van der Waals surface area contributed by atoms with Gasteiger partial charge in [0.15, 0.2) is 0 Å². The molecule has 0 bridgehead atoms. The Labute approximate surface area is 128 Å². The topological polar surface area (TPSA) is 72.9 Å². The average Bonchev–Trinajstić information content (AvgIpc) is 2.87. The maximum atomic E-state index is 12.3. The first-order chi connectivity index (χ1) is 9.47. The highest BCUT2D eigenvalue weighted by Gasteiger charge is 2.33. The molecule has 0 amide bonds. The molecule has 0 unspecified atom stereocenters. The number of nitrogens with two attached hydrogens (primary N) is 1. The molecule has 3 N–H and O–H groups in total. The molecule has 1 saturated carbocycles. The lowest BCUT2D eigenvalue weighted by Gasteiger charge is -2.30. The van der Waals surface area contributed by atoms with Crippen LogP contribution >= 0.6 is 15.9 Å². The minimum Gasteiger partial charge on any atom is -0.376 e. The lowest BCUT2D eigenvalue weighted by Crippen LogP contribution is -2.43. The maximum absolute atomic E-state index is 12.3. The first-order valence-corrected chi connectivity index (χ1v) is 8.00. The van der Waals surface area contributed by atoms with Gasteiger partial charge >= 0.3 is 0 Å². The summed E-state index contributed by atoms with van der Waals surface area (Å²) in [5.41, 5.74) is 6.50. The van der Waals surface area contributed by atoms with Gasteiger partial charge in [0.1, 0.15) is 4.47 Å². The van der Waals surface area contributed by atoms with Crippen molar-refractivity contribution in [3.8, 4) is 0 Å². The van der Waals surface area contributed by atoms with Gasteiger partial charge in [-0.1, -0.05) is 26.7 Å². The van der Waals surface area contributed by atoms with E-state index >= 15 is 0 Å². The smallest absolute Gasteiger partial charge is 0.283 e. The number of halogens is 1. The molecule has 1 aliphatic carbocycles. The van der Waals surface area contributed by atoms with Crippen LogP contribution in [0.3, 0.4) is 0 Å². The highest BCUT2D eigenvalue weighted by atomic mass is 79.9. The molecule has 0 aromatic carbocycles. The van der Waals surface area contributed by atoms with Gasteiger partial charge in [-0.2, -0.15) is 5.10 Å². The number of hydrogen-bond donors (Lipinski definition) is 2. The van der Waals surface area contributed by atoms with Crippen LogP contribution in [0.2, 0.25) is 0 Å². The fourth-order valence-corrected chi connectivity index (χ4v) is 3.15. The minimum atomic E-state index is -0.0890. The zero-order valence-corrected chi connectivity index (χ0v) is 13.7. The van der Waals surface area contributed by atoms with Crippen LogP contribution < -0.4 is 16.6 Å². The molecule has 1 aromatic rings. The molecule has 0 radical (unpaired) electrons. The summed E-state index contributed by atoms with van der Waals surface area (Å²) in [6.07, 6.45) is 6.18. The second kappa shape index (κ2) is 6.26. The highest BCUT2D eigenvalue weighted by Crippen LogP contribution is 2.33. The normalized spacial score (nSPS) is 17.6. The Hall–Kier alpha value is -0.880. The molecule has 1 aliphatic rings. The van der Waals surface area contributed by atoms with Crippen LogP contribution in [0.4, 0.5) is 5.69 Å². The summed E-state index contributed by atoms with van der Waals surface area (Å²) in [6, 6.07) is 0. The Morgan fingerprint density at radius 1 is 1.50 bits per heavy atom. The zero-order chi connectivity index (χ0) is 14.8. The average molecular weight is 343 g/mol. The Balaban J connectivity index is 2.25. The van der Waals surface area contributed by atoms with Gasteiger partial charge in [-0.05, 0) is 34.7 Å². The number of nitrogens with one attached hydrogen (secondary N) is 1. The van der Waals surface area contributed by atoms with E-state index in [2.05, 4.69) is 40.2 Å². The standard InChI is InChI=1S/C14H23BrN4O/c1-10(2)8-19-13(20)12(15)11(7-17-19)18-14(9-16)5-3-4-6-14/h7,10,18H,3-6,8-9,16H2,1-2H3. The van der Waals surface area contributed by atoms with Crippen LogP contribution in [0.1, 0.15) is 39.5 Å². The van der Waals surface area contributed by atoms with Crippen molar-refractivity contribution in [3.63, 3.8) is 0 Å². The summed E-state index contributed by atoms with van der Waals surface area (Å²) in [5, 5.41) is 7.70. The molecular formula is C14H23BrN4O. The highest BCUT2D eigenvalue weighted by molar-refractivity contribution is 9.10. The summed E-state index contributed by atoms with van der Waals surface area (Å²) in [7, 11) is 0. The largest absolute Gasteiger partial charge is 0.376 e. The van der Waals surface area contributed by atoms with E-state index in [1.54, 1.807) is 6.20 Å². The fourth-order valence-electron chi connectivity index (χ4n) is 2.75. The molecule has 0 saturated heterocycles. The van der Waals surface area contributed by atoms with Gasteiger partial charge in [0.25, 0.3) is 5.56 Å². The number of anilines is 1. The summed E-state index contributed by atoms with van der Waals surface area (Å²) in [6.45, 7) is 5.33. The molecule has 0 atom stereocenters. The van der Waals surface area contributed by atoms with Gasteiger partial charge in [0.2, 0.25) is 0 Å². The molecule has 0 aliphatic heterocycles. The molecule has 0 spiro atoms. The van der Waals surface area contributed by atoms with E-state index in [-0.39, 0.29) is 11.1 Å². The van der Waals surface area contributed by atoms with E-state index < -0.39 is 0 Å². The van der Waals surface area contributed by atoms with Crippen LogP contribution in [0, 0.1) is 5.92 Å². The van der Waals surface area contributed by atoms with Crippen molar-refractivity contribution in [2.75, 3.05) is 11.9 Å². The van der Waals surface area contributed by atoms with Crippen LogP contribution in [0.15, 0.2) is 15.5 Å². The molecular weight excluding hydrogens is 320 g/mol. The monoisotopic (exact) mass is 342 g/mol. The second-order valence-corrected chi connectivity index (χ2v) is 6.86. The fraction of sp³-hybridized carbons (Fsp3) is 0.714.